The van der Waals surface area contributed by atoms with Gasteiger partial charge in [0.15, 0.2) is 46.3 Å². The maximum atomic E-state index is 13.9. The largest absolute Gasteiger partial charge is 0.391 e. The molecule has 8 spiro atoms. The van der Waals surface area contributed by atoms with Crippen LogP contribution in [0.15, 0.2) is 48.6 Å². The molecule has 5 N–H and O–H groups in total. The highest BCUT2D eigenvalue weighted by Gasteiger charge is 2.93. The molecule has 8 aliphatic heterocycles. The van der Waals surface area contributed by atoms with Gasteiger partial charge in [-0.25, -0.2) is 0 Å². The number of hydrogen-bond donors (Lipinski definition) is 5. The Bertz CT molecular complexity index is 3420. The summed E-state index contributed by atoms with van der Waals surface area (Å²) in [6.07, 6.45) is 2.73. The minimum Gasteiger partial charge on any atom is -0.391 e. The Labute approximate surface area is 562 Å². The Morgan fingerprint density at radius 2 is 0.892 bits per heavy atom. The number of carbonyl (C=O) groups excluding carboxylic acids is 6. The topological polar surface area (TPSA) is 277 Å². The van der Waals surface area contributed by atoms with Crippen LogP contribution in [0.1, 0.15) is 149 Å². The van der Waals surface area contributed by atoms with Gasteiger partial charge in [0, 0.05) is 42.6 Å². The summed E-state index contributed by atoms with van der Waals surface area (Å²) in [5.41, 5.74) is -7.09. The Morgan fingerprint density at radius 1 is 0.527 bits per heavy atom. The molecule has 12 aliphatic carbocycles. The number of hydrogen-bond acceptors (Lipinski definition) is 19. The van der Waals surface area contributed by atoms with Gasteiger partial charge in [0.1, 0.15) is 34.6 Å². The first-order valence-electron chi connectivity index (χ1n) is 33.3. The van der Waals surface area contributed by atoms with E-state index in [1.807, 2.05) is 68.4 Å². The molecule has 8 saturated heterocycles. The molecule has 0 aromatic carbocycles. The van der Waals surface area contributed by atoms with Crippen LogP contribution in [0, 0.1) is 102 Å². The van der Waals surface area contributed by atoms with Crippen LogP contribution >= 0.6 is 31.9 Å². The predicted octanol–water partition coefficient (Wildman–Crippen LogP) is 7.94. The van der Waals surface area contributed by atoms with Crippen LogP contribution < -0.4 is 0 Å². The van der Waals surface area contributed by atoms with Crippen LogP contribution in [0.3, 0.4) is 0 Å². The molecule has 0 aromatic rings. The molecule has 20 rings (SSSR count). The van der Waals surface area contributed by atoms with Crippen LogP contribution in [-0.4, -0.2) is 168 Å². The lowest BCUT2D eigenvalue weighted by atomic mass is 9.35. The van der Waals surface area contributed by atoms with Gasteiger partial charge in [-0.1, -0.05) is 107 Å². The Hall–Kier alpha value is -2.58. The molecule has 19 nitrogen and oxygen atoms in total. The lowest BCUT2D eigenvalue weighted by Gasteiger charge is -2.76. The first-order chi connectivity index (χ1) is 42.4. The summed E-state index contributed by atoms with van der Waals surface area (Å²) in [5, 5.41) is 57.9. The number of aliphatic hydroxyl groups excluding tert-OH is 4. The zero-order chi connectivity index (χ0) is 67.4. The Kier molecular flexibility index (Phi) is 14.9. The van der Waals surface area contributed by atoms with E-state index in [1.54, 1.807) is 27.0 Å². The number of fused-ring (bicyclic) bond motifs is 4. The summed E-state index contributed by atoms with van der Waals surface area (Å²) in [5.74, 6) is -11.4. The van der Waals surface area contributed by atoms with Gasteiger partial charge in [0.05, 0.1) is 69.6 Å². The molecule has 19 fully saturated rings. The third-order valence-corrected chi connectivity index (χ3v) is 29.0. The summed E-state index contributed by atoms with van der Waals surface area (Å²) in [7, 11) is 1.71. The predicted molar refractivity (Wildman–Crippen MR) is 342 cm³/mol. The van der Waals surface area contributed by atoms with Crippen LogP contribution in [0.25, 0.3) is 0 Å². The van der Waals surface area contributed by atoms with E-state index >= 15 is 0 Å². The average Bonchev–Trinajstić information content (AvgIpc) is 1.63. The molecular formula is C72H98Br2O19. The van der Waals surface area contributed by atoms with Gasteiger partial charge < -0.3 is 63.4 Å². The van der Waals surface area contributed by atoms with Crippen LogP contribution in [-0.2, 0) is 66.7 Å². The number of alkyl halides is 2. The van der Waals surface area contributed by atoms with E-state index in [0.717, 1.165) is 12.8 Å². The molecule has 0 radical (unpaired) electrons. The van der Waals surface area contributed by atoms with E-state index in [9.17, 15) is 54.3 Å². The van der Waals surface area contributed by atoms with Crippen molar-refractivity contribution < 1.29 is 92.2 Å². The van der Waals surface area contributed by atoms with Crippen LogP contribution in [0.5, 0.6) is 0 Å². The zero-order valence-corrected chi connectivity index (χ0v) is 58.7. The number of halogens is 2. The summed E-state index contributed by atoms with van der Waals surface area (Å²) >= 11 is 7.14. The molecule has 21 heteroatoms. The van der Waals surface area contributed by atoms with Gasteiger partial charge in [0.2, 0.25) is 17.4 Å². The summed E-state index contributed by atoms with van der Waals surface area (Å²) in [4.78, 5) is 81.4. The second-order valence-electron chi connectivity index (χ2n) is 34.6. The normalized spacial score (nSPS) is 53.5. The van der Waals surface area contributed by atoms with E-state index in [1.165, 1.54) is 0 Å². The van der Waals surface area contributed by atoms with E-state index in [4.69, 9.17) is 37.9 Å². The van der Waals surface area contributed by atoms with Crippen LogP contribution in [0.2, 0.25) is 0 Å². The van der Waals surface area contributed by atoms with Crippen LogP contribution in [0.4, 0.5) is 0 Å². The van der Waals surface area contributed by atoms with Gasteiger partial charge >= 0.3 is 0 Å². The van der Waals surface area contributed by atoms with Crippen molar-refractivity contribution in [1.29, 1.82) is 0 Å². The maximum absolute atomic E-state index is 13.9. The highest BCUT2D eigenvalue weighted by Crippen LogP contribution is 2.82. The molecular weight excluding hydrogens is 1330 g/mol. The fourth-order valence-electron chi connectivity index (χ4n) is 24.7. The molecule has 514 valence electrons. The van der Waals surface area contributed by atoms with Crippen molar-refractivity contribution in [3.8, 4) is 0 Å². The van der Waals surface area contributed by atoms with Crippen molar-refractivity contribution in [3.63, 3.8) is 0 Å². The lowest BCUT2D eigenvalue weighted by molar-refractivity contribution is -0.523. The summed E-state index contributed by atoms with van der Waals surface area (Å²) < 4.78 is 49.1. The van der Waals surface area contributed by atoms with E-state index < -0.39 is 143 Å². The molecule has 2 unspecified atom stereocenters. The molecule has 12 bridgehead atoms. The monoisotopic (exact) mass is 1420 g/mol. The number of Topliss-reactive ketones (excluding diaryl/α,β-unsaturated/α-hetero) is 5. The van der Waals surface area contributed by atoms with Crippen molar-refractivity contribution in [2.75, 3.05) is 26.9 Å². The van der Waals surface area contributed by atoms with Crippen molar-refractivity contribution >= 4 is 66.6 Å². The second kappa shape index (κ2) is 20.1. The van der Waals surface area contributed by atoms with E-state index in [0.29, 0.717) is 49.7 Å². The zero-order valence-electron chi connectivity index (χ0n) is 55.6. The number of ether oxygens (including phenoxy) is 8. The molecule has 11 saturated carbocycles. The molecule has 0 aromatic heterocycles. The fourth-order valence-corrected chi connectivity index (χ4v) is 27.2. The van der Waals surface area contributed by atoms with Crippen molar-refractivity contribution in [2.45, 2.75) is 230 Å². The van der Waals surface area contributed by atoms with E-state index in [-0.39, 0.29) is 107 Å². The van der Waals surface area contributed by atoms with Crippen molar-refractivity contribution in [3.05, 3.63) is 48.6 Å². The third kappa shape index (κ3) is 7.52. The summed E-state index contributed by atoms with van der Waals surface area (Å²) in [6.45, 7) is 37.9. The van der Waals surface area contributed by atoms with Gasteiger partial charge in [-0.15, -0.1) is 0 Å². The van der Waals surface area contributed by atoms with Gasteiger partial charge in [-0.2, -0.15) is 0 Å². The Balaban J connectivity index is 0.000000121. The molecule has 0 amide bonds. The highest BCUT2D eigenvalue weighted by atomic mass is 79.9. The summed E-state index contributed by atoms with van der Waals surface area (Å²) in [6, 6.07) is 0. The number of rotatable bonds is 0. The maximum Gasteiger partial charge on any atom is 0.213 e. The van der Waals surface area contributed by atoms with Crippen molar-refractivity contribution in [2.24, 2.45) is 102 Å². The molecule has 93 heavy (non-hydrogen) atoms. The van der Waals surface area contributed by atoms with Crippen molar-refractivity contribution in [1.82, 2.24) is 0 Å². The van der Waals surface area contributed by atoms with E-state index in [2.05, 4.69) is 65.4 Å². The minimum absolute atomic E-state index is 0. The minimum atomic E-state index is -2.21. The molecule has 20 aliphatic rings. The average molecular weight is 1430 g/mol. The molecule has 8 heterocycles. The number of methoxy groups -OCH3 is 1. The number of aliphatic hydroxyl groups is 5. The fraction of sp³-hybridized carbons (Fsp3) is 0.806. The molecule has 26 atom stereocenters. The SMILES string of the molecule is C.C=C1C(=O)[C@@]23[C@@H]4OC(C)(C)O[C@@]25OC[C@]2(C(=O)C(Br)CC(C)(C)[C@H]2[C@@H]5O)[C@@H]3CC[C@@H]14.C=C1C(=O)[C@@]23[C@@H]4OC(C)(C)O[C@@]25OC[C@]2(C(=O)C=CC(C)(C)[C@H]2[C@@H]5O)[C@@H]3CC[C@@H]14.C=C1C(=O)[C@]23[C@H](O)[C@H]1CC[C@H]2[C@@]12CO[C@@]3(O)[C@@H](O)[C@@H]1C(C)(C)CC(Br)C2=O.COC(C)(C)C. The highest BCUT2D eigenvalue weighted by molar-refractivity contribution is 9.10. The number of allylic oxidation sites excluding steroid dienone is 2. The number of ketones is 6. The smallest absolute Gasteiger partial charge is 0.213 e. The first kappa shape index (κ1) is 68.9. The lowest BCUT2D eigenvalue weighted by Crippen LogP contribution is -2.88. The number of carbonyl (C=O) groups is 6. The quantitative estimate of drug-likeness (QED) is 0.114. The second-order valence-corrected chi connectivity index (χ2v) is 36.8. The van der Waals surface area contributed by atoms with Gasteiger partial charge in [-0.05, 0) is 157 Å². The van der Waals surface area contributed by atoms with Gasteiger partial charge in [-0.3, -0.25) is 28.8 Å². The third-order valence-electron chi connectivity index (χ3n) is 27.5. The Morgan fingerprint density at radius 3 is 1.34 bits per heavy atom. The standard InChI is InChI=1S/C23H29BrO6.C23H28O6.C20H25BrO6.C5H12O.CH4/c1-10-11-6-7-13-21-9-28-23(17(27)14(21)19(2,3)8-12(24)16(21)26)22(13,15(10)25)18(11)29-20(4,5)30-23;1-11-12-6-7-13-21-10-27-23(17(26)15(21)19(2,3)9-8-14(21)24)22(13,16(11)25)18(12)28-20(4,5)29-23;1-8-9-4-5-11-18-7-27-20(26,19(11,13(8)22)14(9)23)16(25)12(18)17(2,3)6-10(21)15(18)24;1-5(2,3)6-4;/h11-14,17-18,27H,1,6-9H2,2-5H3;8-9,12-13,15,17-18,26H,1,6-7,10H2,2-5H3;9-12,14,16,23,25-26H,1,4-7H2,2-3H3;1-4H3;1H4/t11-,12?,13-,14+,17-,18+,21-,22-,23+;12-,13-,15+,17-,18+,21+,22-,23+;9-,10?,11-,12+,14+,16-,18-,19-,20-;;/m000../s1. The first-order valence-corrected chi connectivity index (χ1v) is 35.2. The van der Waals surface area contributed by atoms with Gasteiger partial charge in [0.25, 0.3) is 0 Å².